The number of aryl methyl sites for hydroxylation is 1. The van der Waals surface area contributed by atoms with E-state index in [9.17, 15) is 13.2 Å². The van der Waals surface area contributed by atoms with Crippen molar-refractivity contribution in [1.82, 2.24) is 28.7 Å². The molecular weight excluding hydrogens is 514 g/mol. The number of para-hydroxylation sites is 2. The molecule has 1 aromatic carbocycles. The van der Waals surface area contributed by atoms with Crippen molar-refractivity contribution in [1.29, 1.82) is 0 Å². The lowest BCUT2D eigenvalue weighted by Gasteiger charge is -2.32. The lowest BCUT2D eigenvalue weighted by Crippen LogP contribution is -2.51. The van der Waals surface area contributed by atoms with Crippen LogP contribution in [-0.2, 0) is 26.1 Å². The van der Waals surface area contributed by atoms with Gasteiger partial charge in [-0.2, -0.15) is 9.29 Å². The van der Waals surface area contributed by atoms with E-state index >= 15 is 0 Å². The number of anilines is 1. The predicted octanol–water partition coefficient (Wildman–Crippen LogP) is 1.78. The van der Waals surface area contributed by atoms with Crippen molar-refractivity contribution in [3.05, 3.63) is 41.0 Å². The standard InChI is InChI=1S/C24H27N7O4S2/c1-16-25-18-5-3-4-6-20(18)31(16)24-26-19-13-17(14-29-7-8-30(15-21(29)32)37(2,33)34)36-22(19)23(27-24)28-9-11-35-12-10-28/h3-6,13H,7-12,14-15H2,1-2H3. The molecule has 0 unspecified atom stereocenters. The maximum Gasteiger partial charge on any atom is 0.238 e. The van der Waals surface area contributed by atoms with Gasteiger partial charge < -0.3 is 14.5 Å². The number of fused-ring (bicyclic) bond motifs is 2. The highest BCUT2D eigenvalue weighted by Gasteiger charge is 2.30. The van der Waals surface area contributed by atoms with Crippen molar-refractivity contribution in [3.63, 3.8) is 0 Å². The van der Waals surface area contributed by atoms with Crippen LogP contribution in [0.25, 0.3) is 27.2 Å². The molecule has 0 atom stereocenters. The summed E-state index contributed by atoms with van der Waals surface area (Å²) in [4.78, 5) is 32.3. The zero-order valence-corrected chi connectivity index (χ0v) is 22.3. The first kappa shape index (κ1) is 24.2. The van der Waals surface area contributed by atoms with E-state index in [1.54, 1.807) is 16.2 Å². The van der Waals surface area contributed by atoms with E-state index in [1.165, 1.54) is 4.31 Å². The summed E-state index contributed by atoms with van der Waals surface area (Å²) in [5, 5.41) is 0. The second-order valence-electron chi connectivity index (χ2n) is 9.27. The lowest BCUT2D eigenvalue weighted by molar-refractivity contribution is -0.134. The summed E-state index contributed by atoms with van der Waals surface area (Å²) < 4.78 is 33.5. The Balaban J connectivity index is 1.39. The highest BCUT2D eigenvalue weighted by molar-refractivity contribution is 7.88. The minimum absolute atomic E-state index is 0.125. The maximum absolute atomic E-state index is 12.7. The number of piperazine rings is 1. The largest absolute Gasteiger partial charge is 0.378 e. The second kappa shape index (κ2) is 9.31. The minimum Gasteiger partial charge on any atom is -0.378 e. The molecule has 0 saturated carbocycles. The topological polar surface area (TPSA) is 114 Å². The molecule has 2 saturated heterocycles. The molecule has 5 heterocycles. The third-order valence-electron chi connectivity index (χ3n) is 6.73. The van der Waals surface area contributed by atoms with Crippen molar-refractivity contribution in [2.45, 2.75) is 13.5 Å². The van der Waals surface area contributed by atoms with Crippen LogP contribution in [-0.4, -0.2) is 95.2 Å². The number of nitrogens with zero attached hydrogens (tertiary/aromatic N) is 7. The Morgan fingerprint density at radius 3 is 2.57 bits per heavy atom. The molecule has 0 bridgehead atoms. The Kier molecular flexibility index (Phi) is 6.10. The van der Waals surface area contributed by atoms with Crippen LogP contribution in [0, 0.1) is 6.92 Å². The van der Waals surface area contributed by atoms with Gasteiger partial charge in [-0.05, 0) is 25.1 Å². The van der Waals surface area contributed by atoms with Gasteiger partial charge in [0.25, 0.3) is 0 Å². The average Bonchev–Trinajstić information content (AvgIpc) is 3.43. The molecule has 2 aliphatic rings. The number of benzene rings is 1. The van der Waals surface area contributed by atoms with Gasteiger partial charge in [0.2, 0.25) is 21.9 Å². The van der Waals surface area contributed by atoms with Crippen LogP contribution < -0.4 is 4.90 Å². The Hall–Kier alpha value is -3.13. The highest BCUT2D eigenvalue weighted by atomic mass is 32.2. The first-order valence-electron chi connectivity index (χ1n) is 12.1. The third-order valence-corrected chi connectivity index (χ3v) is 9.09. The van der Waals surface area contributed by atoms with E-state index in [1.807, 2.05) is 41.8 Å². The molecule has 37 heavy (non-hydrogen) atoms. The van der Waals surface area contributed by atoms with E-state index in [2.05, 4.69) is 9.88 Å². The number of hydrogen-bond acceptors (Lipinski definition) is 9. The van der Waals surface area contributed by atoms with Crippen molar-refractivity contribution in [2.24, 2.45) is 0 Å². The van der Waals surface area contributed by atoms with E-state index in [0.717, 1.165) is 57.1 Å². The van der Waals surface area contributed by atoms with Gasteiger partial charge >= 0.3 is 0 Å². The van der Waals surface area contributed by atoms with Crippen LogP contribution in [0.1, 0.15) is 10.7 Å². The molecule has 194 valence electrons. The number of carbonyl (C=O) groups is 1. The molecule has 0 radical (unpaired) electrons. The predicted molar refractivity (Wildman–Crippen MR) is 142 cm³/mol. The number of aromatic nitrogens is 4. The van der Waals surface area contributed by atoms with Gasteiger partial charge in [-0.25, -0.2) is 18.4 Å². The van der Waals surface area contributed by atoms with Crippen molar-refractivity contribution < 1.29 is 17.9 Å². The fraction of sp³-hybridized carbons (Fsp3) is 0.417. The second-order valence-corrected chi connectivity index (χ2v) is 12.4. The van der Waals surface area contributed by atoms with E-state index in [4.69, 9.17) is 14.7 Å². The number of imidazole rings is 1. The lowest BCUT2D eigenvalue weighted by atomic mass is 10.3. The fourth-order valence-corrected chi connectivity index (χ4v) is 6.73. The summed E-state index contributed by atoms with van der Waals surface area (Å²) in [6.07, 6.45) is 1.14. The third kappa shape index (κ3) is 4.56. The molecule has 0 aliphatic carbocycles. The van der Waals surface area contributed by atoms with Gasteiger partial charge in [-0.1, -0.05) is 12.1 Å². The van der Waals surface area contributed by atoms with Gasteiger partial charge in [0.1, 0.15) is 5.82 Å². The number of thiophene rings is 1. The van der Waals surface area contributed by atoms with Crippen LogP contribution >= 0.6 is 11.3 Å². The first-order chi connectivity index (χ1) is 17.8. The number of morpholine rings is 1. The zero-order chi connectivity index (χ0) is 25.7. The SMILES string of the molecule is Cc1nc2ccccc2n1-c1nc(N2CCOCC2)c2sc(CN3CCN(S(C)(=O)=O)CC3=O)cc2n1. The molecule has 0 spiro atoms. The van der Waals surface area contributed by atoms with Crippen LogP contribution in [0.4, 0.5) is 5.82 Å². The average molecular weight is 542 g/mol. The van der Waals surface area contributed by atoms with Crippen molar-refractivity contribution in [3.8, 4) is 5.95 Å². The Morgan fingerprint density at radius 2 is 1.81 bits per heavy atom. The van der Waals surface area contributed by atoms with Gasteiger partial charge in [0.15, 0.2) is 5.82 Å². The van der Waals surface area contributed by atoms with E-state index in [0.29, 0.717) is 38.8 Å². The fourth-order valence-electron chi connectivity index (χ4n) is 4.84. The van der Waals surface area contributed by atoms with Crippen LogP contribution in [0.15, 0.2) is 30.3 Å². The smallest absolute Gasteiger partial charge is 0.238 e. The highest BCUT2D eigenvalue weighted by Crippen LogP contribution is 2.35. The Morgan fingerprint density at radius 1 is 1.03 bits per heavy atom. The first-order valence-corrected chi connectivity index (χ1v) is 14.7. The number of ether oxygens (including phenoxy) is 1. The molecule has 0 N–H and O–H groups in total. The van der Waals surface area contributed by atoms with Gasteiger partial charge in [-0.15, -0.1) is 11.3 Å². The summed E-state index contributed by atoms with van der Waals surface area (Å²) >= 11 is 1.58. The summed E-state index contributed by atoms with van der Waals surface area (Å²) in [6.45, 7) is 5.60. The van der Waals surface area contributed by atoms with Gasteiger partial charge in [0.05, 0.1) is 53.8 Å². The molecule has 13 heteroatoms. The van der Waals surface area contributed by atoms with Crippen LogP contribution in [0.5, 0.6) is 0 Å². The molecule has 2 aliphatic heterocycles. The number of hydrogen-bond donors (Lipinski definition) is 0. The molecule has 3 aromatic heterocycles. The number of sulfonamides is 1. The quantitative estimate of drug-likeness (QED) is 0.376. The molecule has 11 nitrogen and oxygen atoms in total. The summed E-state index contributed by atoms with van der Waals surface area (Å²) in [6, 6.07) is 9.94. The number of carbonyl (C=O) groups excluding carboxylic acids is 1. The number of amides is 1. The monoisotopic (exact) mass is 541 g/mol. The zero-order valence-electron chi connectivity index (χ0n) is 20.6. The molecular formula is C24H27N7O4S2. The molecule has 1 amide bonds. The summed E-state index contributed by atoms with van der Waals surface area (Å²) in [5.74, 6) is 2.01. The van der Waals surface area contributed by atoms with E-state index in [-0.39, 0.29) is 12.5 Å². The Labute approximate surface area is 218 Å². The molecule has 4 aromatic rings. The minimum atomic E-state index is -3.39. The summed E-state index contributed by atoms with van der Waals surface area (Å²) in [7, 11) is -3.39. The Bertz CT molecular complexity index is 1610. The van der Waals surface area contributed by atoms with E-state index < -0.39 is 10.0 Å². The van der Waals surface area contributed by atoms with Crippen LogP contribution in [0.3, 0.4) is 0 Å². The maximum atomic E-state index is 12.7. The summed E-state index contributed by atoms with van der Waals surface area (Å²) in [5.41, 5.74) is 2.64. The normalized spacial score (nSPS) is 17.8. The number of rotatable bonds is 5. The van der Waals surface area contributed by atoms with Gasteiger partial charge in [0, 0.05) is 31.1 Å². The van der Waals surface area contributed by atoms with Crippen molar-refractivity contribution in [2.75, 3.05) is 57.1 Å². The van der Waals surface area contributed by atoms with Gasteiger partial charge in [-0.3, -0.25) is 9.36 Å². The van der Waals surface area contributed by atoms with Crippen LogP contribution in [0.2, 0.25) is 0 Å². The molecule has 2 fully saturated rings. The van der Waals surface area contributed by atoms with Crippen molar-refractivity contribution >= 4 is 54.3 Å². The molecule has 6 rings (SSSR count).